The second-order valence-corrected chi connectivity index (χ2v) is 6.23. The maximum absolute atomic E-state index is 12.9. The number of benzene rings is 1. The lowest BCUT2D eigenvalue weighted by Gasteiger charge is -2.12. The van der Waals surface area contributed by atoms with Crippen LogP contribution in [0.2, 0.25) is 0 Å². The monoisotopic (exact) mass is 352 g/mol. The number of thiazole rings is 1. The number of halogens is 1. The molecular weight excluding hydrogens is 335 g/mol. The van der Waals surface area contributed by atoms with Gasteiger partial charge in [-0.3, -0.25) is 4.79 Å². The first-order chi connectivity index (χ1) is 11.4. The smallest absolute Gasteiger partial charge is 0.328 e. The highest BCUT2D eigenvalue weighted by Crippen LogP contribution is 2.21. The van der Waals surface area contributed by atoms with Crippen molar-refractivity contribution in [3.63, 3.8) is 0 Å². The van der Waals surface area contributed by atoms with Crippen LogP contribution in [0.5, 0.6) is 0 Å². The number of nitrogens with one attached hydrogen (secondary N) is 1. The van der Waals surface area contributed by atoms with Gasteiger partial charge in [-0.15, -0.1) is 11.3 Å². The summed E-state index contributed by atoms with van der Waals surface area (Å²) in [6.07, 6.45) is 0.472. The summed E-state index contributed by atoms with van der Waals surface area (Å²) in [6, 6.07) is 4.93. The van der Waals surface area contributed by atoms with Gasteiger partial charge in [0.2, 0.25) is 0 Å². The molecule has 0 aliphatic carbocycles. The fourth-order valence-corrected chi connectivity index (χ4v) is 3.08. The number of carboxylic acids is 1. The Hall–Kier alpha value is -2.32. The average molecular weight is 352 g/mol. The van der Waals surface area contributed by atoms with E-state index in [-0.39, 0.29) is 12.4 Å². The van der Waals surface area contributed by atoms with Gasteiger partial charge in [0.25, 0.3) is 5.91 Å². The molecule has 1 atom stereocenters. The summed E-state index contributed by atoms with van der Waals surface area (Å²) in [5.74, 6) is -1.98. The molecule has 0 saturated carbocycles. The number of methoxy groups -OCH3 is 1. The van der Waals surface area contributed by atoms with E-state index in [1.165, 1.54) is 30.6 Å². The standard InChI is InChI=1S/C16H17FN2O4S/c1-9-14(15(20)19-12(8-23-2)16(21)22)24-13(18-9)7-10-3-5-11(17)6-4-10/h3-6,12H,7-8H2,1-2H3,(H,19,20)(H,21,22). The van der Waals surface area contributed by atoms with E-state index in [1.54, 1.807) is 19.1 Å². The summed E-state index contributed by atoms with van der Waals surface area (Å²) in [4.78, 5) is 28.0. The van der Waals surface area contributed by atoms with E-state index in [9.17, 15) is 14.0 Å². The molecule has 2 rings (SSSR count). The third kappa shape index (κ3) is 4.59. The summed E-state index contributed by atoms with van der Waals surface area (Å²) in [7, 11) is 1.36. The zero-order valence-corrected chi connectivity index (χ0v) is 14.0. The molecule has 0 spiro atoms. The Morgan fingerprint density at radius 1 is 1.38 bits per heavy atom. The highest BCUT2D eigenvalue weighted by atomic mass is 32.1. The summed E-state index contributed by atoms with van der Waals surface area (Å²) in [6.45, 7) is 1.56. The number of carbonyl (C=O) groups excluding carboxylic acids is 1. The first kappa shape index (κ1) is 18.0. The number of aromatic nitrogens is 1. The molecule has 1 aromatic heterocycles. The lowest BCUT2D eigenvalue weighted by Crippen LogP contribution is -2.43. The van der Waals surface area contributed by atoms with Crippen molar-refractivity contribution >= 4 is 23.2 Å². The average Bonchev–Trinajstić information content (AvgIpc) is 2.89. The molecule has 0 aliphatic heterocycles. The first-order valence-corrected chi connectivity index (χ1v) is 7.95. The molecule has 0 bridgehead atoms. The number of amides is 1. The maximum Gasteiger partial charge on any atom is 0.328 e. The number of hydrogen-bond acceptors (Lipinski definition) is 5. The Morgan fingerprint density at radius 3 is 2.62 bits per heavy atom. The zero-order valence-electron chi connectivity index (χ0n) is 13.2. The minimum absolute atomic E-state index is 0.124. The quantitative estimate of drug-likeness (QED) is 0.796. The molecule has 0 radical (unpaired) electrons. The zero-order chi connectivity index (χ0) is 17.7. The van der Waals surface area contributed by atoms with Crippen molar-refractivity contribution in [2.45, 2.75) is 19.4 Å². The van der Waals surface area contributed by atoms with Gasteiger partial charge in [-0.05, 0) is 24.6 Å². The Kier molecular flexibility index (Phi) is 5.99. The van der Waals surface area contributed by atoms with E-state index in [0.717, 1.165) is 5.56 Å². The van der Waals surface area contributed by atoms with Gasteiger partial charge in [0, 0.05) is 13.5 Å². The summed E-state index contributed by atoms with van der Waals surface area (Å²) >= 11 is 1.19. The Labute approximate surface area is 142 Å². The lowest BCUT2D eigenvalue weighted by molar-refractivity contribution is -0.140. The van der Waals surface area contributed by atoms with Gasteiger partial charge in [-0.2, -0.15) is 0 Å². The predicted octanol–water partition coefficient (Wildman–Crippen LogP) is 2.01. The summed E-state index contributed by atoms with van der Waals surface area (Å²) in [5, 5.41) is 12.2. The van der Waals surface area contributed by atoms with Crippen LogP contribution in [-0.2, 0) is 16.0 Å². The summed E-state index contributed by atoms with van der Waals surface area (Å²) < 4.78 is 17.7. The van der Waals surface area contributed by atoms with E-state index in [4.69, 9.17) is 9.84 Å². The third-order valence-electron chi connectivity index (χ3n) is 3.25. The van der Waals surface area contributed by atoms with Crippen molar-refractivity contribution in [1.82, 2.24) is 10.3 Å². The number of aliphatic carboxylic acids is 1. The number of hydrogen-bond donors (Lipinski definition) is 2. The van der Waals surface area contributed by atoms with Gasteiger partial charge in [0.1, 0.15) is 10.7 Å². The van der Waals surface area contributed by atoms with Crippen LogP contribution >= 0.6 is 11.3 Å². The molecule has 0 saturated heterocycles. The van der Waals surface area contributed by atoms with Crippen molar-refractivity contribution in [1.29, 1.82) is 0 Å². The van der Waals surface area contributed by atoms with Crippen molar-refractivity contribution < 1.29 is 23.8 Å². The molecule has 1 amide bonds. The minimum atomic E-state index is -1.17. The van der Waals surface area contributed by atoms with Crippen LogP contribution in [0.25, 0.3) is 0 Å². The summed E-state index contributed by atoms with van der Waals surface area (Å²) in [5.41, 5.74) is 1.40. The Morgan fingerprint density at radius 2 is 2.04 bits per heavy atom. The van der Waals surface area contributed by atoms with Gasteiger partial charge >= 0.3 is 5.97 Å². The number of aryl methyl sites for hydroxylation is 1. The highest BCUT2D eigenvalue weighted by molar-refractivity contribution is 7.13. The number of nitrogens with zero attached hydrogens (tertiary/aromatic N) is 1. The fourth-order valence-electron chi connectivity index (χ4n) is 2.08. The first-order valence-electron chi connectivity index (χ1n) is 7.14. The van der Waals surface area contributed by atoms with Crippen LogP contribution in [0.4, 0.5) is 4.39 Å². The highest BCUT2D eigenvalue weighted by Gasteiger charge is 2.23. The molecule has 0 fully saturated rings. The molecule has 0 aliphatic rings. The van der Waals surface area contributed by atoms with Crippen LogP contribution in [0.15, 0.2) is 24.3 Å². The van der Waals surface area contributed by atoms with E-state index >= 15 is 0 Å². The normalized spacial score (nSPS) is 12.0. The third-order valence-corrected chi connectivity index (χ3v) is 4.41. The number of ether oxygens (including phenoxy) is 1. The molecule has 1 aromatic carbocycles. The van der Waals surface area contributed by atoms with Gasteiger partial charge in [0.15, 0.2) is 6.04 Å². The van der Waals surface area contributed by atoms with Gasteiger partial charge in [-0.1, -0.05) is 12.1 Å². The van der Waals surface area contributed by atoms with Crippen LogP contribution < -0.4 is 5.32 Å². The number of rotatable bonds is 7. The minimum Gasteiger partial charge on any atom is -0.480 e. The fraction of sp³-hybridized carbons (Fsp3) is 0.312. The lowest BCUT2D eigenvalue weighted by atomic mass is 10.1. The van der Waals surface area contributed by atoms with E-state index in [0.29, 0.717) is 22.0 Å². The van der Waals surface area contributed by atoms with E-state index < -0.39 is 17.9 Å². The second-order valence-electron chi connectivity index (χ2n) is 5.15. The molecule has 6 nitrogen and oxygen atoms in total. The second kappa shape index (κ2) is 7.98. The molecule has 2 aromatic rings. The van der Waals surface area contributed by atoms with Crippen LogP contribution in [-0.4, -0.2) is 41.7 Å². The van der Waals surface area contributed by atoms with Crippen molar-refractivity contribution in [2.24, 2.45) is 0 Å². The van der Waals surface area contributed by atoms with E-state index in [1.807, 2.05) is 0 Å². The van der Waals surface area contributed by atoms with Crippen LogP contribution in [0, 0.1) is 12.7 Å². The number of carbonyl (C=O) groups is 2. The van der Waals surface area contributed by atoms with Crippen molar-refractivity contribution in [3.05, 3.63) is 51.2 Å². The van der Waals surface area contributed by atoms with Crippen LogP contribution in [0.1, 0.15) is 25.9 Å². The molecule has 8 heteroatoms. The largest absolute Gasteiger partial charge is 0.480 e. The maximum atomic E-state index is 12.9. The molecule has 128 valence electrons. The van der Waals surface area contributed by atoms with Crippen molar-refractivity contribution in [3.8, 4) is 0 Å². The predicted molar refractivity (Wildman–Crippen MR) is 86.8 cm³/mol. The van der Waals surface area contributed by atoms with Crippen molar-refractivity contribution in [2.75, 3.05) is 13.7 Å². The molecule has 24 heavy (non-hydrogen) atoms. The molecule has 1 heterocycles. The van der Waals surface area contributed by atoms with E-state index in [2.05, 4.69) is 10.3 Å². The Bertz CT molecular complexity index is 730. The molecule has 1 unspecified atom stereocenters. The van der Waals surface area contributed by atoms with Crippen LogP contribution in [0.3, 0.4) is 0 Å². The molecule has 2 N–H and O–H groups in total. The van der Waals surface area contributed by atoms with Gasteiger partial charge in [-0.25, -0.2) is 14.2 Å². The number of carboxylic acid groups (broad SMARTS) is 1. The van der Waals surface area contributed by atoms with Gasteiger partial charge in [0.05, 0.1) is 17.3 Å². The van der Waals surface area contributed by atoms with Gasteiger partial charge < -0.3 is 15.2 Å². The SMILES string of the molecule is COCC(NC(=O)c1sc(Cc2ccc(F)cc2)nc1C)C(=O)O. The molecular formula is C16H17FN2O4S. The topological polar surface area (TPSA) is 88.5 Å². The Balaban J connectivity index is 2.11.